The zero-order valence-electron chi connectivity index (χ0n) is 7.91. The van der Waals surface area contributed by atoms with Crippen LogP contribution in [0.2, 0.25) is 0 Å². The quantitative estimate of drug-likeness (QED) is 0.733. The van der Waals surface area contributed by atoms with Crippen LogP contribution in [0.4, 0.5) is 0 Å². The predicted molar refractivity (Wildman–Crippen MR) is 50.2 cm³/mol. The predicted octanol–water partition coefficient (Wildman–Crippen LogP) is 0.486. The summed E-state index contributed by atoms with van der Waals surface area (Å²) in [4.78, 5) is 27.8. The lowest BCUT2D eigenvalue weighted by atomic mass is 10.2. The molecule has 2 N–H and O–H groups in total. The Morgan fingerprint density at radius 2 is 2.36 bits per heavy atom. The van der Waals surface area contributed by atoms with E-state index in [1.807, 2.05) is 0 Å². The molecule has 0 spiro atoms. The van der Waals surface area contributed by atoms with Gasteiger partial charge in [0.1, 0.15) is 5.82 Å². The van der Waals surface area contributed by atoms with Crippen LogP contribution in [0.15, 0.2) is 10.9 Å². The summed E-state index contributed by atoms with van der Waals surface area (Å²) in [6, 6.07) is 1.40. The number of aliphatic carboxylic acids is 1. The number of aromatic amines is 1. The van der Waals surface area contributed by atoms with E-state index in [0.717, 1.165) is 0 Å². The van der Waals surface area contributed by atoms with Crippen LogP contribution < -0.4 is 5.56 Å². The number of nitrogens with zero attached hydrogens (tertiary/aromatic N) is 1. The van der Waals surface area contributed by atoms with Crippen molar-refractivity contribution < 1.29 is 9.90 Å². The van der Waals surface area contributed by atoms with Gasteiger partial charge >= 0.3 is 5.97 Å². The third-order valence-corrected chi connectivity index (χ3v) is 1.74. The van der Waals surface area contributed by atoms with Gasteiger partial charge in [0.25, 0.3) is 5.56 Å². The fourth-order valence-corrected chi connectivity index (χ4v) is 1.19. The summed E-state index contributed by atoms with van der Waals surface area (Å²) in [5.74, 6) is -0.269. The third-order valence-electron chi connectivity index (χ3n) is 1.74. The molecule has 0 aromatic carbocycles. The van der Waals surface area contributed by atoms with E-state index in [2.05, 4.69) is 9.97 Å². The Hall–Kier alpha value is -1.65. The summed E-state index contributed by atoms with van der Waals surface area (Å²) < 4.78 is 0. The van der Waals surface area contributed by atoms with Crippen LogP contribution in [-0.2, 0) is 11.2 Å². The maximum Gasteiger partial charge on any atom is 0.303 e. The Labute approximate surface area is 80.8 Å². The van der Waals surface area contributed by atoms with Crippen molar-refractivity contribution in [3.8, 4) is 0 Å². The minimum absolute atomic E-state index is 0.105. The van der Waals surface area contributed by atoms with Crippen molar-refractivity contribution in [1.29, 1.82) is 0 Å². The molecule has 0 radical (unpaired) electrons. The van der Waals surface area contributed by atoms with Gasteiger partial charge in [-0.05, 0) is 19.8 Å². The Balaban J connectivity index is 2.59. The lowest BCUT2D eigenvalue weighted by Crippen LogP contribution is -2.10. The highest BCUT2D eigenvalue weighted by Crippen LogP contribution is 1.99. The second kappa shape index (κ2) is 4.55. The average Bonchev–Trinajstić information content (AvgIpc) is 2.01. The number of carbonyl (C=O) groups is 1. The number of aryl methyl sites for hydroxylation is 2. The van der Waals surface area contributed by atoms with Crippen molar-refractivity contribution >= 4 is 5.97 Å². The molecule has 0 fully saturated rings. The van der Waals surface area contributed by atoms with Gasteiger partial charge in [0.05, 0.1) is 0 Å². The van der Waals surface area contributed by atoms with Gasteiger partial charge in [0.15, 0.2) is 0 Å². The Morgan fingerprint density at radius 3 is 2.93 bits per heavy atom. The number of carboxylic acid groups (broad SMARTS) is 1. The number of nitrogens with one attached hydrogen (secondary N) is 1. The van der Waals surface area contributed by atoms with Crippen LogP contribution in [0.3, 0.4) is 0 Å². The van der Waals surface area contributed by atoms with Gasteiger partial charge in [0.2, 0.25) is 0 Å². The highest BCUT2D eigenvalue weighted by molar-refractivity contribution is 5.66. The first kappa shape index (κ1) is 10.4. The Kier molecular flexibility index (Phi) is 3.39. The van der Waals surface area contributed by atoms with Crippen molar-refractivity contribution in [2.24, 2.45) is 0 Å². The minimum Gasteiger partial charge on any atom is -0.481 e. The molecule has 0 aliphatic carbocycles. The van der Waals surface area contributed by atoms with Crippen LogP contribution in [-0.4, -0.2) is 21.0 Å². The lowest BCUT2D eigenvalue weighted by Gasteiger charge is -1.99. The van der Waals surface area contributed by atoms with Gasteiger partial charge in [0, 0.05) is 18.2 Å². The molecular weight excluding hydrogens is 184 g/mol. The first-order chi connectivity index (χ1) is 6.58. The summed E-state index contributed by atoms with van der Waals surface area (Å²) >= 11 is 0. The second-order valence-electron chi connectivity index (χ2n) is 3.07. The molecule has 0 aliphatic rings. The van der Waals surface area contributed by atoms with Gasteiger partial charge < -0.3 is 10.1 Å². The highest BCUT2D eigenvalue weighted by Gasteiger charge is 2.00. The van der Waals surface area contributed by atoms with Crippen molar-refractivity contribution in [3.63, 3.8) is 0 Å². The minimum atomic E-state index is -0.827. The monoisotopic (exact) mass is 196 g/mol. The summed E-state index contributed by atoms with van der Waals surface area (Å²) in [6.45, 7) is 1.70. The maximum absolute atomic E-state index is 11.0. The number of rotatable bonds is 4. The van der Waals surface area contributed by atoms with Gasteiger partial charge in [-0.2, -0.15) is 0 Å². The van der Waals surface area contributed by atoms with Gasteiger partial charge in [-0.1, -0.05) is 0 Å². The van der Waals surface area contributed by atoms with E-state index in [0.29, 0.717) is 24.4 Å². The van der Waals surface area contributed by atoms with Crippen molar-refractivity contribution in [3.05, 3.63) is 27.9 Å². The Bertz CT molecular complexity index is 384. The summed E-state index contributed by atoms with van der Waals surface area (Å²) in [6.07, 6.45) is 1.13. The van der Waals surface area contributed by atoms with E-state index in [1.165, 1.54) is 6.07 Å². The van der Waals surface area contributed by atoms with Gasteiger partial charge in [-0.25, -0.2) is 4.98 Å². The van der Waals surface area contributed by atoms with E-state index in [9.17, 15) is 9.59 Å². The molecule has 0 saturated heterocycles. The summed E-state index contributed by atoms with van der Waals surface area (Å²) in [7, 11) is 0. The van der Waals surface area contributed by atoms with E-state index in [4.69, 9.17) is 5.11 Å². The highest BCUT2D eigenvalue weighted by atomic mass is 16.4. The van der Waals surface area contributed by atoms with E-state index >= 15 is 0 Å². The smallest absolute Gasteiger partial charge is 0.303 e. The molecule has 1 heterocycles. The van der Waals surface area contributed by atoms with E-state index in [1.54, 1.807) is 6.92 Å². The fourth-order valence-electron chi connectivity index (χ4n) is 1.19. The number of H-pyrrole nitrogens is 1. The Morgan fingerprint density at radius 1 is 1.64 bits per heavy atom. The van der Waals surface area contributed by atoms with Gasteiger partial charge in [-0.3, -0.25) is 9.59 Å². The molecule has 5 heteroatoms. The summed E-state index contributed by atoms with van der Waals surface area (Å²) in [5.41, 5.74) is 0.454. The summed E-state index contributed by atoms with van der Waals surface area (Å²) in [5, 5.41) is 8.41. The zero-order valence-corrected chi connectivity index (χ0v) is 7.91. The molecule has 1 rings (SSSR count). The van der Waals surface area contributed by atoms with Crippen LogP contribution in [0.1, 0.15) is 24.4 Å². The number of hydrogen-bond acceptors (Lipinski definition) is 3. The molecule has 76 valence electrons. The van der Waals surface area contributed by atoms with Crippen molar-refractivity contribution in [1.82, 2.24) is 9.97 Å². The first-order valence-electron chi connectivity index (χ1n) is 4.36. The van der Waals surface area contributed by atoms with E-state index < -0.39 is 5.97 Å². The SMILES string of the molecule is Cc1nc(CCCC(=O)O)cc(=O)[nH]1. The molecule has 0 unspecified atom stereocenters. The normalized spacial score (nSPS) is 10.1. The first-order valence-corrected chi connectivity index (χ1v) is 4.36. The molecule has 5 nitrogen and oxygen atoms in total. The second-order valence-corrected chi connectivity index (χ2v) is 3.07. The van der Waals surface area contributed by atoms with E-state index in [-0.39, 0.29) is 12.0 Å². The maximum atomic E-state index is 11.0. The van der Waals surface area contributed by atoms with Crippen LogP contribution in [0.5, 0.6) is 0 Å². The standard InChI is InChI=1S/C9H12N2O3/c1-6-10-7(5-8(12)11-6)3-2-4-9(13)14/h5H,2-4H2,1H3,(H,13,14)(H,10,11,12). The molecule has 1 aromatic heterocycles. The van der Waals surface area contributed by atoms with Crippen LogP contribution >= 0.6 is 0 Å². The van der Waals surface area contributed by atoms with Crippen molar-refractivity contribution in [2.75, 3.05) is 0 Å². The van der Waals surface area contributed by atoms with Gasteiger partial charge in [-0.15, -0.1) is 0 Å². The van der Waals surface area contributed by atoms with Crippen LogP contribution in [0, 0.1) is 6.92 Å². The molecule has 0 atom stereocenters. The molecule has 0 aliphatic heterocycles. The molecule has 14 heavy (non-hydrogen) atoms. The average molecular weight is 196 g/mol. The van der Waals surface area contributed by atoms with Crippen LogP contribution in [0.25, 0.3) is 0 Å². The topological polar surface area (TPSA) is 83.0 Å². The number of hydrogen-bond donors (Lipinski definition) is 2. The largest absolute Gasteiger partial charge is 0.481 e. The van der Waals surface area contributed by atoms with Crippen molar-refractivity contribution in [2.45, 2.75) is 26.2 Å². The fraction of sp³-hybridized carbons (Fsp3) is 0.444. The third kappa shape index (κ3) is 3.38. The number of aromatic nitrogens is 2. The molecule has 0 bridgehead atoms. The number of carboxylic acids is 1. The molecule has 0 amide bonds. The zero-order chi connectivity index (χ0) is 10.6. The lowest BCUT2D eigenvalue weighted by molar-refractivity contribution is -0.137. The molecular formula is C9H12N2O3. The molecule has 1 aromatic rings. The molecule has 0 saturated carbocycles.